The topological polar surface area (TPSA) is 82.6 Å². The van der Waals surface area contributed by atoms with Crippen molar-refractivity contribution in [2.24, 2.45) is 5.92 Å². The van der Waals surface area contributed by atoms with E-state index in [0.29, 0.717) is 19.4 Å². The number of aliphatic hydroxyl groups excluding tert-OH is 1. The summed E-state index contributed by atoms with van der Waals surface area (Å²) in [6.45, 7) is 6.48. The van der Waals surface area contributed by atoms with Crippen LogP contribution in [0, 0.1) is 5.92 Å². The van der Waals surface area contributed by atoms with Crippen LogP contribution in [0.4, 0.5) is 5.69 Å². The van der Waals surface area contributed by atoms with E-state index in [1.54, 1.807) is 6.08 Å². The molecule has 0 saturated heterocycles. The Balaban J connectivity index is 2.41. The molecule has 1 aromatic carbocycles. The van der Waals surface area contributed by atoms with Crippen LogP contribution in [-0.2, 0) is 9.53 Å². The molecule has 0 aliphatic carbocycles. The third kappa shape index (κ3) is 9.19. The van der Waals surface area contributed by atoms with Gasteiger partial charge >= 0.3 is 0 Å². The van der Waals surface area contributed by atoms with Crippen molar-refractivity contribution in [2.75, 3.05) is 18.5 Å². The zero-order valence-electron chi connectivity index (χ0n) is 14.5. The molecule has 7 heteroatoms. The summed E-state index contributed by atoms with van der Waals surface area (Å²) in [5, 5.41) is 13.2. The lowest BCUT2D eigenvalue weighted by Crippen LogP contribution is -2.46. The first-order valence-corrected chi connectivity index (χ1v) is 8.76. The minimum absolute atomic E-state index is 0.218. The molecule has 0 aromatic heterocycles. The second-order valence-corrected chi connectivity index (χ2v) is 6.03. The molecule has 0 spiro atoms. The average molecular weight is 365 g/mol. The highest BCUT2D eigenvalue weighted by Gasteiger charge is 2.21. The van der Waals surface area contributed by atoms with Crippen molar-refractivity contribution in [1.82, 2.24) is 10.9 Å². The molecule has 0 saturated carbocycles. The van der Waals surface area contributed by atoms with Crippen LogP contribution >= 0.6 is 12.2 Å². The Kier molecular flexibility index (Phi) is 10.5. The zero-order chi connectivity index (χ0) is 18.5. The van der Waals surface area contributed by atoms with Gasteiger partial charge in [-0.25, -0.2) is 0 Å². The van der Waals surface area contributed by atoms with Gasteiger partial charge in [0, 0.05) is 18.2 Å². The van der Waals surface area contributed by atoms with Gasteiger partial charge in [-0.15, -0.1) is 6.58 Å². The summed E-state index contributed by atoms with van der Waals surface area (Å²) in [5.41, 5.74) is 6.06. The van der Waals surface area contributed by atoms with Crippen molar-refractivity contribution in [1.29, 1.82) is 0 Å². The van der Waals surface area contributed by atoms with Gasteiger partial charge in [0.1, 0.15) is 0 Å². The maximum atomic E-state index is 12.3. The van der Waals surface area contributed by atoms with Gasteiger partial charge in [-0.3, -0.25) is 15.6 Å². The van der Waals surface area contributed by atoms with Gasteiger partial charge in [-0.2, -0.15) is 0 Å². The van der Waals surface area contributed by atoms with Crippen LogP contribution in [0.5, 0.6) is 0 Å². The van der Waals surface area contributed by atoms with E-state index in [2.05, 4.69) is 22.7 Å². The Morgan fingerprint density at radius 3 is 2.72 bits per heavy atom. The lowest BCUT2D eigenvalue weighted by atomic mass is 9.97. The number of benzene rings is 1. The number of anilines is 1. The number of aliphatic hydroxyl groups is 1. The monoisotopic (exact) mass is 365 g/mol. The zero-order valence-corrected chi connectivity index (χ0v) is 15.3. The van der Waals surface area contributed by atoms with Crippen molar-refractivity contribution < 1.29 is 14.6 Å². The number of ether oxygens (including phenoxy) is 1. The van der Waals surface area contributed by atoms with Crippen LogP contribution < -0.4 is 16.2 Å². The molecule has 0 fully saturated rings. The molecule has 0 heterocycles. The van der Waals surface area contributed by atoms with E-state index in [0.717, 1.165) is 12.1 Å². The molecular formula is C18H27N3O3S. The number of rotatable bonds is 10. The highest BCUT2D eigenvalue weighted by molar-refractivity contribution is 7.80. The summed E-state index contributed by atoms with van der Waals surface area (Å²) in [6.07, 6.45) is 2.60. The number of hydrogen-bond acceptors (Lipinski definition) is 4. The Bertz CT molecular complexity index is 540. The van der Waals surface area contributed by atoms with Crippen molar-refractivity contribution >= 4 is 28.9 Å². The molecule has 0 bridgehead atoms. The van der Waals surface area contributed by atoms with Crippen LogP contribution in [0.3, 0.4) is 0 Å². The van der Waals surface area contributed by atoms with Crippen LogP contribution in [0.1, 0.15) is 26.2 Å². The highest BCUT2D eigenvalue weighted by Crippen LogP contribution is 2.13. The average Bonchev–Trinajstić information content (AvgIpc) is 2.60. The molecule has 4 N–H and O–H groups in total. The number of thiocarbonyl (C=S) groups is 1. The fourth-order valence-electron chi connectivity index (χ4n) is 2.18. The lowest BCUT2D eigenvalue weighted by Gasteiger charge is -2.20. The van der Waals surface area contributed by atoms with Gasteiger partial charge < -0.3 is 15.2 Å². The molecule has 138 valence electrons. The summed E-state index contributed by atoms with van der Waals surface area (Å²) >= 11 is 5.14. The van der Waals surface area contributed by atoms with Crippen molar-refractivity contribution in [3.8, 4) is 0 Å². The largest absolute Gasteiger partial charge is 0.391 e. The van der Waals surface area contributed by atoms with Gasteiger partial charge in [0.2, 0.25) is 5.91 Å². The van der Waals surface area contributed by atoms with E-state index in [9.17, 15) is 9.90 Å². The number of carbonyl (C=O) groups is 1. The normalized spacial score (nSPS) is 12.7. The number of nitrogens with one attached hydrogen (secondary N) is 3. The Hall–Kier alpha value is -1.96. The van der Waals surface area contributed by atoms with Crippen molar-refractivity contribution in [3.05, 3.63) is 43.0 Å². The molecule has 0 radical (unpaired) electrons. The molecule has 0 unspecified atom stereocenters. The summed E-state index contributed by atoms with van der Waals surface area (Å²) in [7, 11) is 0. The molecule has 1 rings (SSSR count). The minimum Gasteiger partial charge on any atom is -0.391 e. The van der Waals surface area contributed by atoms with E-state index in [-0.39, 0.29) is 17.6 Å². The summed E-state index contributed by atoms with van der Waals surface area (Å²) in [4.78, 5) is 12.3. The predicted molar refractivity (Wildman–Crippen MR) is 104 cm³/mol. The molecule has 0 aliphatic heterocycles. The fraction of sp³-hybridized carbons (Fsp3) is 0.444. The van der Waals surface area contributed by atoms with Gasteiger partial charge in [0.05, 0.1) is 12.7 Å². The number of hydrogen-bond donors (Lipinski definition) is 4. The van der Waals surface area contributed by atoms with Crippen LogP contribution in [0.15, 0.2) is 43.0 Å². The van der Waals surface area contributed by atoms with Crippen LogP contribution in [0.25, 0.3) is 0 Å². The minimum atomic E-state index is -0.698. The second kappa shape index (κ2) is 12.4. The highest BCUT2D eigenvalue weighted by atomic mass is 32.1. The van der Waals surface area contributed by atoms with Gasteiger partial charge in [0.15, 0.2) is 5.11 Å². The maximum absolute atomic E-state index is 12.3. The Labute approximate surface area is 154 Å². The molecule has 1 aromatic rings. The first-order valence-electron chi connectivity index (χ1n) is 8.35. The number of allylic oxidation sites excluding steroid dienone is 1. The smallest absolute Gasteiger partial charge is 0.241 e. The van der Waals surface area contributed by atoms with Crippen molar-refractivity contribution in [2.45, 2.75) is 32.3 Å². The molecule has 0 aliphatic rings. The summed E-state index contributed by atoms with van der Waals surface area (Å²) < 4.78 is 5.31. The summed E-state index contributed by atoms with van der Waals surface area (Å²) in [6, 6.07) is 9.39. The Morgan fingerprint density at radius 1 is 1.36 bits per heavy atom. The number of carbonyl (C=O) groups excluding carboxylic acids is 1. The first kappa shape index (κ1) is 21.1. The standard InChI is InChI=1S/C18H27N3O3S/c1-3-8-14(12-16(22)13-24-11-4-2)17(23)20-21-18(25)19-15-9-6-5-7-10-15/h3,5-7,9-10,14,16,22H,1,4,8,11-13H2,2H3,(H,20,23)(H2,19,21,25)/t14-,16-/m1/s1. The van der Waals surface area contributed by atoms with E-state index < -0.39 is 12.0 Å². The van der Waals surface area contributed by atoms with Gasteiger partial charge in [-0.1, -0.05) is 31.2 Å². The Morgan fingerprint density at radius 2 is 2.08 bits per heavy atom. The summed E-state index contributed by atoms with van der Waals surface area (Å²) in [5.74, 6) is -0.670. The predicted octanol–water partition coefficient (Wildman–Crippen LogP) is 2.37. The van der Waals surface area contributed by atoms with E-state index >= 15 is 0 Å². The van der Waals surface area contributed by atoms with Gasteiger partial charge in [-0.05, 0) is 43.6 Å². The van der Waals surface area contributed by atoms with E-state index in [1.165, 1.54) is 0 Å². The SMILES string of the molecule is C=CC[C@H](C[C@@H](O)COCCC)C(=O)NNC(=S)Nc1ccccc1. The maximum Gasteiger partial charge on any atom is 0.241 e. The van der Waals surface area contributed by atoms with Gasteiger partial charge in [0.25, 0.3) is 0 Å². The molecular weight excluding hydrogens is 338 g/mol. The van der Waals surface area contributed by atoms with E-state index in [4.69, 9.17) is 17.0 Å². The molecule has 6 nitrogen and oxygen atoms in total. The van der Waals surface area contributed by atoms with Crippen molar-refractivity contribution in [3.63, 3.8) is 0 Å². The lowest BCUT2D eigenvalue weighted by molar-refractivity contribution is -0.126. The quantitative estimate of drug-likeness (QED) is 0.221. The third-order valence-electron chi connectivity index (χ3n) is 3.37. The first-order chi connectivity index (χ1) is 12.1. The number of amides is 1. The number of hydrazine groups is 1. The molecule has 2 atom stereocenters. The third-order valence-corrected chi connectivity index (χ3v) is 3.57. The molecule has 1 amide bonds. The molecule has 25 heavy (non-hydrogen) atoms. The van der Waals surface area contributed by atoms with Crippen LogP contribution in [0.2, 0.25) is 0 Å². The second-order valence-electron chi connectivity index (χ2n) is 5.62. The van der Waals surface area contributed by atoms with E-state index in [1.807, 2.05) is 37.3 Å². The van der Waals surface area contributed by atoms with Crippen LogP contribution in [-0.4, -0.2) is 35.4 Å². The fourth-order valence-corrected chi connectivity index (χ4v) is 2.34. The number of para-hydroxylation sites is 1.